The van der Waals surface area contributed by atoms with Gasteiger partial charge in [0.2, 0.25) is 0 Å². The molecule has 5 rings (SSSR count). The Morgan fingerprint density at radius 2 is 1.69 bits per heavy atom. The van der Waals surface area contributed by atoms with Gasteiger partial charge in [0.25, 0.3) is 5.91 Å². The first-order valence-electron chi connectivity index (χ1n) is 15.8. The van der Waals surface area contributed by atoms with E-state index in [1.54, 1.807) is 18.1 Å². The van der Waals surface area contributed by atoms with Gasteiger partial charge in [-0.15, -0.1) is 11.3 Å². The number of halogens is 3. The lowest BCUT2D eigenvalue weighted by Gasteiger charge is -2.43. The Hall–Kier alpha value is -4.02. The smallest absolute Gasteiger partial charge is 0.404 e. The number of amides is 2. The molecule has 0 bridgehead atoms. The molecule has 1 saturated carbocycles. The van der Waals surface area contributed by atoms with Gasteiger partial charge in [0.1, 0.15) is 22.3 Å². The Bertz CT molecular complexity index is 1860. The molecule has 48 heavy (non-hydrogen) atoms. The first kappa shape index (κ1) is 35.3. The van der Waals surface area contributed by atoms with Gasteiger partial charge in [-0.3, -0.25) is 9.59 Å². The highest BCUT2D eigenvalue weighted by Crippen LogP contribution is 2.42. The summed E-state index contributed by atoms with van der Waals surface area (Å²) in [5.41, 5.74) is 2.60. The van der Waals surface area contributed by atoms with Crippen molar-refractivity contribution in [3.05, 3.63) is 87.3 Å². The van der Waals surface area contributed by atoms with Crippen LogP contribution in [0, 0.1) is 23.0 Å². The molecule has 1 aliphatic carbocycles. The van der Waals surface area contributed by atoms with Crippen LogP contribution in [0.2, 0.25) is 5.02 Å². The van der Waals surface area contributed by atoms with E-state index in [9.17, 15) is 28.3 Å². The van der Waals surface area contributed by atoms with Gasteiger partial charge in [-0.2, -0.15) is 0 Å². The number of carbonyl (C=O) groups excluding carboxylic acids is 2. The maximum absolute atomic E-state index is 14.8. The molecule has 4 aromatic rings. The van der Waals surface area contributed by atoms with E-state index in [1.165, 1.54) is 6.92 Å². The summed E-state index contributed by atoms with van der Waals surface area (Å²) in [6, 6.07) is 14.4. The molecule has 1 unspecified atom stereocenters. The van der Waals surface area contributed by atoms with Gasteiger partial charge in [0, 0.05) is 29.8 Å². The van der Waals surface area contributed by atoms with Gasteiger partial charge in [0.15, 0.2) is 5.78 Å². The lowest BCUT2D eigenvalue weighted by atomic mass is 9.72. The number of thiophene rings is 1. The molecule has 2 amide bonds. The van der Waals surface area contributed by atoms with Crippen LogP contribution in [0.5, 0.6) is 5.75 Å². The van der Waals surface area contributed by atoms with Gasteiger partial charge >= 0.3 is 6.09 Å². The minimum absolute atomic E-state index is 0.0234. The van der Waals surface area contributed by atoms with Crippen LogP contribution in [-0.4, -0.2) is 47.0 Å². The molecule has 1 aliphatic rings. The topological polar surface area (TPSA) is 95.9 Å². The molecule has 0 saturated heterocycles. The van der Waals surface area contributed by atoms with Crippen LogP contribution < -0.4 is 10.1 Å². The zero-order valence-electron chi connectivity index (χ0n) is 27.5. The molecular formula is C37H39ClF2N2O5S. The first-order chi connectivity index (χ1) is 22.7. The highest BCUT2D eigenvalue weighted by Gasteiger charge is 2.39. The van der Waals surface area contributed by atoms with Crippen molar-refractivity contribution >= 4 is 50.8 Å². The molecule has 11 heteroatoms. The average molecular weight is 697 g/mol. The van der Waals surface area contributed by atoms with Gasteiger partial charge in [0.05, 0.1) is 22.2 Å². The molecule has 1 aromatic heterocycles. The number of ketones is 1. The minimum Gasteiger partial charge on any atom is -0.496 e. The number of ether oxygens (including phenoxy) is 1. The van der Waals surface area contributed by atoms with Crippen LogP contribution in [0.25, 0.3) is 21.2 Å². The van der Waals surface area contributed by atoms with Gasteiger partial charge < -0.3 is 20.1 Å². The minimum atomic E-state index is -1.08. The normalized spacial score (nSPS) is 17.2. The van der Waals surface area contributed by atoms with Gasteiger partial charge in [-0.05, 0) is 85.4 Å². The highest BCUT2D eigenvalue weighted by molar-refractivity contribution is 7.21. The standard InChI is InChI=1S/C37H39ClF2N2O5S/c1-20(43)22-7-6-8-23(17-22)24-11-16-29(47-5)25(18-24)19-42(26-12-9-21(10-13-26)34(37(2,3)4)41-36(45)46)35(44)33-31(38)30-27(39)14-15-28(40)32(30)48-33/h6-8,11,14-18,21,26,34,41H,9-10,12-13,19H2,1-5H3,(H,45,46). The predicted molar refractivity (Wildman–Crippen MR) is 185 cm³/mol. The Kier molecular flexibility index (Phi) is 10.5. The number of methoxy groups -OCH3 is 1. The number of rotatable bonds is 9. The van der Waals surface area contributed by atoms with Crippen molar-refractivity contribution < 1.29 is 33.0 Å². The van der Waals surface area contributed by atoms with E-state index in [1.807, 2.05) is 57.2 Å². The molecule has 3 aromatic carbocycles. The van der Waals surface area contributed by atoms with E-state index < -0.39 is 23.6 Å². The summed E-state index contributed by atoms with van der Waals surface area (Å²) in [4.78, 5) is 40.0. The van der Waals surface area contributed by atoms with Crippen LogP contribution in [-0.2, 0) is 6.54 Å². The average Bonchev–Trinajstić information content (AvgIpc) is 3.41. The van der Waals surface area contributed by atoms with Crippen molar-refractivity contribution in [3.63, 3.8) is 0 Å². The van der Waals surface area contributed by atoms with Crippen LogP contribution in [0.1, 0.15) is 79.0 Å². The van der Waals surface area contributed by atoms with Crippen LogP contribution in [0.3, 0.4) is 0 Å². The van der Waals surface area contributed by atoms with Crippen molar-refractivity contribution in [3.8, 4) is 16.9 Å². The third-order valence-electron chi connectivity index (χ3n) is 9.23. The number of benzene rings is 3. The third kappa shape index (κ3) is 7.34. The zero-order valence-corrected chi connectivity index (χ0v) is 29.1. The van der Waals surface area contributed by atoms with Crippen molar-refractivity contribution in [2.45, 2.75) is 72.0 Å². The summed E-state index contributed by atoms with van der Waals surface area (Å²) in [5.74, 6) is -1.28. The summed E-state index contributed by atoms with van der Waals surface area (Å²) in [6.45, 7) is 7.63. The predicted octanol–water partition coefficient (Wildman–Crippen LogP) is 9.59. The molecule has 2 N–H and O–H groups in total. The largest absolute Gasteiger partial charge is 0.496 e. The summed E-state index contributed by atoms with van der Waals surface area (Å²) in [6.07, 6.45) is 1.41. The number of nitrogens with one attached hydrogen (secondary N) is 1. The molecule has 1 heterocycles. The van der Waals surface area contributed by atoms with Crippen molar-refractivity contribution in [1.82, 2.24) is 10.2 Å². The number of hydrogen-bond donors (Lipinski definition) is 2. The monoisotopic (exact) mass is 696 g/mol. The molecule has 0 aliphatic heterocycles. The van der Waals surface area contributed by atoms with Crippen molar-refractivity contribution in [2.24, 2.45) is 11.3 Å². The van der Waals surface area contributed by atoms with E-state index in [-0.39, 0.29) is 55.7 Å². The van der Waals surface area contributed by atoms with E-state index in [0.29, 0.717) is 42.6 Å². The van der Waals surface area contributed by atoms with Crippen LogP contribution >= 0.6 is 22.9 Å². The van der Waals surface area contributed by atoms with Gasteiger partial charge in [-0.1, -0.05) is 56.6 Å². The lowest BCUT2D eigenvalue weighted by Crippen LogP contribution is -2.50. The number of Topliss-reactive ketones (excluding diaryl/α,β-unsaturated/α-hetero) is 1. The second-order valence-corrected chi connectivity index (χ2v) is 14.8. The van der Waals surface area contributed by atoms with E-state index in [4.69, 9.17) is 16.3 Å². The maximum Gasteiger partial charge on any atom is 0.404 e. The zero-order chi connectivity index (χ0) is 34.9. The van der Waals surface area contributed by atoms with Crippen molar-refractivity contribution in [1.29, 1.82) is 0 Å². The number of carboxylic acid groups (broad SMARTS) is 1. The quantitative estimate of drug-likeness (QED) is 0.170. The Morgan fingerprint density at radius 1 is 1.02 bits per heavy atom. The summed E-state index contributed by atoms with van der Waals surface area (Å²) < 4.78 is 35.3. The summed E-state index contributed by atoms with van der Waals surface area (Å²) >= 11 is 7.45. The second-order valence-electron chi connectivity index (χ2n) is 13.4. The van der Waals surface area contributed by atoms with Crippen LogP contribution in [0.4, 0.5) is 13.6 Å². The molecular weight excluding hydrogens is 658 g/mol. The fourth-order valence-corrected chi connectivity index (χ4v) is 8.34. The highest BCUT2D eigenvalue weighted by atomic mass is 35.5. The van der Waals surface area contributed by atoms with E-state index in [2.05, 4.69) is 5.32 Å². The fourth-order valence-electron chi connectivity index (χ4n) is 6.84. The van der Waals surface area contributed by atoms with Crippen LogP contribution in [0.15, 0.2) is 54.6 Å². The summed E-state index contributed by atoms with van der Waals surface area (Å²) in [5, 5.41) is 12.0. The Balaban J connectivity index is 1.54. The summed E-state index contributed by atoms with van der Waals surface area (Å²) in [7, 11) is 1.54. The molecule has 1 atom stereocenters. The number of hydrogen-bond acceptors (Lipinski definition) is 5. The first-order valence-corrected chi connectivity index (χ1v) is 17.0. The van der Waals surface area contributed by atoms with E-state index in [0.717, 1.165) is 34.6 Å². The molecule has 7 nitrogen and oxygen atoms in total. The van der Waals surface area contributed by atoms with Crippen molar-refractivity contribution in [2.75, 3.05) is 7.11 Å². The number of fused-ring (bicyclic) bond motifs is 1. The molecule has 0 radical (unpaired) electrons. The Labute approximate surface area is 287 Å². The second kappa shape index (κ2) is 14.2. The van der Waals surface area contributed by atoms with Gasteiger partial charge in [-0.25, -0.2) is 13.6 Å². The number of nitrogens with zero attached hydrogens (tertiary/aromatic N) is 1. The molecule has 254 valence electrons. The SMILES string of the molecule is COc1ccc(-c2cccc(C(C)=O)c2)cc1CN(C(=O)c1sc2c(F)ccc(F)c2c1Cl)C1CCC(C(NC(=O)O)C(C)(C)C)CC1. The molecule has 1 fully saturated rings. The lowest BCUT2D eigenvalue weighted by molar-refractivity contribution is 0.0543. The maximum atomic E-state index is 14.8. The Morgan fingerprint density at radius 3 is 2.29 bits per heavy atom. The third-order valence-corrected chi connectivity index (χ3v) is 10.9. The fraction of sp³-hybridized carbons (Fsp3) is 0.378. The van der Waals surface area contributed by atoms with E-state index >= 15 is 0 Å². The molecule has 0 spiro atoms. The number of carbonyl (C=O) groups is 3.